The molecule has 0 amide bonds. The quantitative estimate of drug-likeness (QED) is 0.293. The molecule has 4 aromatic rings. The van der Waals surface area contributed by atoms with E-state index in [0.29, 0.717) is 12.5 Å². The van der Waals surface area contributed by atoms with Gasteiger partial charge in [-0.15, -0.1) is 0 Å². The number of nitrogens with zero attached hydrogens (tertiary/aromatic N) is 3. The summed E-state index contributed by atoms with van der Waals surface area (Å²) in [5.74, 6) is 1.89. The summed E-state index contributed by atoms with van der Waals surface area (Å²) in [4.78, 5) is 8.64. The third-order valence-corrected chi connectivity index (χ3v) is 5.41. The van der Waals surface area contributed by atoms with Crippen LogP contribution in [0, 0.1) is 0 Å². The zero-order valence-electron chi connectivity index (χ0n) is 18.2. The maximum Gasteiger partial charge on any atom is 0.191 e. The van der Waals surface area contributed by atoms with Gasteiger partial charge in [-0.25, -0.2) is 4.98 Å². The zero-order chi connectivity index (χ0) is 22.0. The van der Waals surface area contributed by atoms with Gasteiger partial charge in [0.1, 0.15) is 6.33 Å². The molecule has 1 unspecified atom stereocenters. The first-order valence-corrected chi connectivity index (χ1v) is 10.8. The highest BCUT2D eigenvalue weighted by Crippen LogP contribution is 2.20. The van der Waals surface area contributed by atoms with E-state index in [2.05, 4.69) is 104 Å². The lowest BCUT2D eigenvalue weighted by Crippen LogP contribution is -2.39. The fraction of sp³-hybridized carbons (Fsp3) is 0.192. The Balaban J connectivity index is 1.38. The molecule has 6 nitrogen and oxygen atoms in total. The molecule has 0 bridgehead atoms. The van der Waals surface area contributed by atoms with Crippen LogP contribution in [-0.2, 0) is 13.0 Å². The fourth-order valence-corrected chi connectivity index (χ4v) is 3.73. The van der Waals surface area contributed by atoms with Crippen molar-refractivity contribution in [1.82, 2.24) is 25.8 Å². The Morgan fingerprint density at radius 2 is 1.66 bits per heavy atom. The van der Waals surface area contributed by atoms with Crippen LogP contribution in [0.5, 0.6) is 0 Å². The molecule has 6 heteroatoms. The molecule has 0 aliphatic carbocycles. The van der Waals surface area contributed by atoms with E-state index >= 15 is 0 Å². The molecule has 1 aromatic heterocycles. The summed E-state index contributed by atoms with van der Waals surface area (Å²) in [7, 11) is 1.80. The second-order valence-corrected chi connectivity index (χ2v) is 7.64. The molecule has 0 radical (unpaired) electrons. The number of aromatic nitrogens is 3. The number of guanidine groups is 1. The van der Waals surface area contributed by atoms with Gasteiger partial charge in [0.2, 0.25) is 0 Å². The highest BCUT2D eigenvalue weighted by atomic mass is 15.2. The summed E-state index contributed by atoms with van der Waals surface area (Å²) in [5.41, 5.74) is 4.80. The highest BCUT2D eigenvalue weighted by molar-refractivity contribution is 5.79. The van der Waals surface area contributed by atoms with Gasteiger partial charge < -0.3 is 10.6 Å². The van der Waals surface area contributed by atoms with Gasteiger partial charge in [0.25, 0.3) is 0 Å². The molecule has 3 aromatic carbocycles. The van der Waals surface area contributed by atoms with E-state index in [1.807, 2.05) is 12.1 Å². The van der Waals surface area contributed by atoms with E-state index in [1.54, 1.807) is 7.05 Å². The molecule has 0 saturated heterocycles. The largest absolute Gasteiger partial charge is 0.356 e. The van der Waals surface area contributed by atoms with Crippen molar-refractivity contribution < 1.29 is 0 Å². The molecule has 0 saturated carbocycles. The molecule has 0 fully saturated rings. The summed E-state index contributed by atoms with van der Waals surface area (Å²) >= 11 is 0. The second-order valence-electron chi connectivity index (χ2n) is 7.64. The van der Waals surface area contributed by atoms with Gasteiger partial charge in [-0.2, -0.15) is 5.10 Å². The molecule has 0 aliphatic rings. The van der Waals surface area contributed by atoms with Crippen molar-refractivity contribution in [3.05, 3.63) is 108 Å². The summed E-state index contributed by atoms with van der Waals surface area (Å²) in [5, 5.41) is 13.8. The normalized spacial score (nSPS) is 12.3. The molecule has 4 rings (SSSR count). The number of hydrogen-bond donors (Lipinski definition) is 3. The summed E-state index contributed by atoms with van der Waals surface area (Å²) in [6, 6.07) is 29.5. The van der Waals surface area contributed by atoms with Crippen molar-refractivity contribution in [3.63, 3.8) is 0 Å². The van der Waals surface area contributed by atoms with Crippen molar-refractivity contribution in [1.29, 1.82) is 0 Å². The smallest absolute Gasteiger partial charge is 0.191 e. The van der Waals surface area contributed by atoms with Crippen LogP contribution >= 0.6 is 0 Å². The Hall–Kier alpha value is -3.93. The number of H-pyrrole nitrogens is 1. The van der Waals surface area contributed by atoms with E-state index in [-0.39, 0.29) is 0 Å². The van der Waals surface area contributed by atoms with Crippen LogP contribution in [0.4, 0.5) is 0 Å². The van der Waals surface area contributed by atoms with Gasteiger partial charge in [-0.1, -0.05) is 78.9 Å². The van der Waals surface area contributed by atoms with Crippen molar-refractivity contribution in [2.45, 2.75) is 18.9 Å². The SMILES string of the molecule is CN=C(NCc1cccc(-c2ncn[nH]2)c1)NCC(Cc1ccccc1)c1ccccc1. The van der Waals surface area contributed by atoms with Crippen LogP contribution in [0.25, 0.3) is 11.4 Å². The van der Waals surface area contributed by atoms with E-state index in [0.717, 1.165) is 35.9 Å². The zero-order valence-corrected chi connectivity index (χ0v) is 18.2. The average molecular weight is 425 g/mol. The van der Waals surface area contributed by atoms with E-state index in [9.17, 15) is 0 Å². The lowest BCUT2D eigenvalue weighted by Gasteiger charge is -2.20. The van der Waals surface area contributed by atoms with Crippen molar-refractivity contribution in [3.8, 4) is 11.4 Å². The van der Waals surface area contributed by atoms with Gasteiger partial charge in [-0.3, -0.25) is 10.1 Å². The molecule has 0 spiro atoms. The minimum atomic E-state index is 0.340. The first-order chi connectivity index (χ1) is 15.8. The van der Waals surface area contributed by atoms with Gasteiger partial charge in [0.05, 0.1) is 0 Å². The molecule has 1 atom stereocenters. The lowest BCUT2D eigenvalue weighted by molar-refractivity contribution is 0.644. The van der Waals surface area contributed by atoms with Crippen molar-refractivity contribution in [2.24, 2.45) is 4.99 Å². The van der Waals surface area contributed by atoms with Gasteiger partial charge >= 0.3 is 0 Å². The number of benzene rings is 3. The first-order valence-electron chi connectivity index (χ1n) is 10.8. The predicted octanol–water partition coefficient (Wildman–Crippen LogP) is 4.16. The number of nitrogens with one attached hydrogen (secondary N) is 3. The Bertz CT molecular complexity index is 1110. The number of aromatic amines is 1. The van der Waals surface area contributed by atoms with Crippen LogP contribution in [0.3, 0.4) is 0 Å². The number of rotatable bonds is 8. The third-order valence-electron chi connectivity index (χ3n) is 5.41. The van der Waals surface area contributed by atoms with E-state index in [4.69, 9.17) is 0 Å². The van der Waals surface area contributed by atoms with Gasteiger partial charge in [0, 0.05) is 31.6 Å². The standard InChI is InChI=1S/C26H28N6/c1-27-26(28-17-21-11-8-14-23(16-21)25-30-19-31-32-25)29-18-24(22-12-6-3-7-13-22)15-20-9-4-2-5-10-20/h2-14,16,19,24H,15,17-18H2,1H3,(H2,27,28,29)(H,30,31,32). The van der Waals surface area contributed by atoms with Gasteiger partial charge in [-0.05, 0) is 29.2 Å². The Morgan fingerprint density at radius 3 is 2.38 bits per heavy atom. The van der Waals surface area contributed by atoms with Crippen LogP contribution in [-0.4, -0.2) is 34.7 Å². The van der Waals surface area contributed by atoms with E-state index in [1.165, 1.54) is 17.5 Å². The second kappa shape index (κ2) is 10.9. The maximum absolute atomic E-state index is 4.41. The molecule has 32 heavy (non-hydrogen) atoms. The molecular weight excluding hydrogens is 396 g/mol. The van der Waals surface area contributed by atoms with Crippen LogP contribution < -0.4 is 10.6 Å². The summed E-state index contributed by atoms with van der Waals surface area (Å²) in [6.07, 6.45) is 2.48. The number of hydrogen-bond acceptors (Lipinski definition) is 3. The minimum Gasteiger partial charge on any atom is -0.356 e. The number of aliphatic imine (C=N–C) groups is 1. The third kappa shape index (κ3) is 5.82. The highest BCUT2D eigenvalue weighted by Gasteiger charge is 2.13. The van der Waals surface area contributed by atoms with Crippen LogP contribution in [0.1, 0.15) is 22.6 Å². The fourth-order valence-electron chi connectivity index (χ4n) is 3.73. The predicted molar refractivity (Wildman–Crippen MR) is 129 cm³/mol. The van der Waals surface area contributed by atoms with Crippen LogP contribution in [0.15, 0.2) is 96.2 Å². The monoisotopic (exact) mass is 424 g/mol. The maximum atomic E-state index is 4.41. The Kier molecular flexibility index (Phi) is 7.26. The molecule has 1 heterocycles. The molecule has 162 valence electrons. The Morgan fingerprint density at radius 1 is 0.906 bits per heavy atom. The summed E-state index contributed by atoms with van der Waals surface area (Å²) < 4.78 is 0. The average Bonchev–Trinajstić information content (AvgIpc) is 3.40. The molecular formula is C26H28N6. The lowest BCUT2D eigenvalue weighted by atomic mass is 9.92. The van der Waals surface area contributed by atoms with Gasteiger partial charge in [0.15, 0.2) is 11.8 Å². The summed E-state index contributed by atoms with van der Waals surface area (Å²) in [6.45, 7) is 1.45. The molecule has 3 N–H and O–H groups in total. The Labute approximate surface area is 188 Å². The van der Waals surface area contributed by atoms with Crippen molar-refractivity contribution >= 4 is 5.96 Å². The first kappa shape index (κ1) is 21.3. The van der Waals surface area contributed by atoms with Crippen LogP contribution in [0.2, 0.25) is 0 Å². The topological polar surface area (TPSA) is 78.0 Å². The van der Waals surface area contributed by atoms with Crippen molar-refractivity contribution in [2.75, 3.05) is 13.6 Å². The molecule has 0 aliphatic heterocycles. The minimum absolute atomic E-state index is 0.340. The van der Waals surface area contributed by atoms with E-state index < -0.39 is 0 Å².